The van der Waals surface area contributed by atoms with Crippen molar-refractivity contribution in [2.24, 2.45) is 0 Å². The fourth-order valence-electron chi connectivity index (χ4n) is 3.98. The van der Waals surface area contributed by atoms with Crippen LogP contribution in [0.25, 0.3) is 0 Å². The number of hydrogen-bond acceptors (Lipinski definition) is 6. The molecule has 2 fully saturated rings. The summed E-state index contributed by atoms with van der Waals surface area (Å²) in [5.74, 6) is -0.379. The van der Waals surface area contributed by atoms with E-state index in [1.54, 1.807) is 29.2 Å². The molecule has 152 valence electrons. The van der Waals surface area contributed by atoms with Crippen LogP contribution in [0.15, 0.2) is 36.5 Å². The topological polar surface area (TPSA) is 84.0 Å². The third-order valence-electron chi connectivity index (χ3n) is 5.54. The Balaban J connectivity index is 1.82. The van der Waals surface area contributed by atoms with Gasteiger partial charge < -0.3 is 4.90 Å². The molecule has 6 nitrogen and oxygen atoms in total. The van der Waals surface area contributed by atoms with Crippen molar-refractivity contribution in [3.63, 3.8) is 0 Å². The molecule has 2 heterocycles. The van der Waals surface area contributed by atoms with E-state index in [2.05, 4.69) is 17.6 Å². The van der Waals surface area contributed by atoms with E-state index in [0.29, 0.717) is 24.1 Å². The number of alkyl halides is 3. The number of benzene rings is 1. The molecule has 1 saturated heterocycles. The number of aromatic nitrogens is 1. The van der Waals surface area contributed by atoms with Gasteiger partial charge in [0.15, 0.2) is 11.2 Å². The molecule has 1 saturated carbocycles. The average molecular weight is 429 g/mol. The first-order valence-electron chi connectivity index (χ1n) is 9.01. The number of hydrogen-bond donors (Lipinski definition) is 1. The number of halogens is 3. The number of rotatable bonds is 2. The molecular formula is C20H14F3N5OS. The third kappa shape index (κ3) is 2.87. The summed E-state index contributed by atoms with van der Waals surface area (Å²) in [7, 11) is 0. The molecule has 1 aromatic heterocycles. The van der Waals surface area contributed by atoms with Crippen LogP contribution in [-0.2, 0) is 11.0 Å². The first-order valence-corrected chi connectivity index (χ1v) is 9.53. The zero-order chi connectivity index (χ0) is 21.7. The van der Waals surface area contributed by atoms with Crippen LogP contribution >= 0.6 is 12.6 Å². The first kappa shape index (κ1) is 20.0. The Bertz CT molecular complexity index is 1120. The fraction of sp³-hybridized carbons (Fsp3) is 0.300. The van der Waals surface area contributed by atoms with Crippen LogP contribution in [0.3, 0.4) is 0 Å². The van der Waals surface area contributed by atoms with Gasteiger partial charge in [-0.05, 0) is 43.5 Å². The zero-order valence-corrected chi connectivity index (χ0v) is 16.3. The highest BCUT2D eigenvalue weighted by Crippen LogP contribution is 2.50. The predicted octanol–water partition coefficient (Wildman–Crippen LogP) is 3.83. The van der Waals surface area contributed by atoms with Crippen molar-refractivity contribution in [2.75, 3.05) is 9.80 Å². The van der Waals surface area contributed by atoms with Crippen LogP contribution in [0, 0.1) is 22.7 Å². The van der Waals surface area contributed by atoms with Crippen LogP contribution in [0.4, 0.5) is 24.5 Å². The zero-order valence-electron chi connectivity index (χ0n) is 15.4. The summed E-state index contributed by atoms with van der Waals surface area (Å²) in [6.07, 6.45) is -1.89. The minimum Gasteiger partial charge on any atom is -0.328 e. The monoisotopic (exact) mass is 429 g/mol. The summed E-state index contributed by atoms with van der Waals surface area (Å²) in [5, 5.41) is 18.2. The Kier molecular flexibility index (Phi) is 4.63. The van der Waals surface area contributed by atoms with Gasteiger partial charge in [0.25, 0.3) is 5.91 Å². The van der Waals surface area contributed by atoms with Gasteiger partial charge in [0.1, 0.15) is 11.6 Å². The van der Waals surface area contributed by atoms with Crippen molar-refractivity contribution in [3.05, 3.63) is 53.3 Å². The summed E-state index contributed by atoms with van der Waals surface area (Å²) in [5.41, 5.74) is -2.91. The lowest BCUT2D eigenvalue weighted by Gasteiger charge is -2.44. The number of carbonyl (C=O) groups is 1. The van der Waals surface area contributed by atoms with Crippen molar-refractivity contribution >= 4 is 29.9 Å². The quantitative estimate of drug-likeness (QED) is 0.734. The van der Waals surface area contributed by atoms with Crippen LogP contribution in [0.1, 0.15) is 36.1 Å². The maximum atomic E-state index is 13.4. The largest absolute Gasteiger partial charge is 0.419 e. The molecule has 1 aromatic carbocycles. The molecule has 1 aliphatic heterocycles. The summed E-state index contributed by atoms with van der Waals surface area (Å²) < 4.78 is 40.2. The van der Waals surface area contributed by atoms with Gasteiger partial charge in [0, 0.05) is 5.69 Å². The highest BCUT2D eigenvalue weighted by Gasteiger charge is 2.60. The minimum absolute atomic E-state index is 0.0865. The molecule has 1 amide bonds. The third-order valence-corrected chi connectivity index (χ3v) is 6.00. The van der Waals surface area contributed by atoms with Crippen molar-refractivity contribution in [1.29, 1.82) is 10.5 Å². The van der Waals surface area contributed by atoms with Gasteiger partial charge in [-0.1, -0.05) is 6.07 Å². The summed E-state index contributed by atoms with van der Waals surface area (Å²) in [6.45, 7) is 0. The van der Waals surface area contributed by atoms with E-state index in [-0.39, 0.29) is 11.6 Å². The first-order chi connectivity index (χ1) is 14.2. The van der Waals surface area contributed by atoms with Crippen molar-refractivity contribution in [3.8, 4) is 12.1 Å². The van der Waals surface area contributed by atoms with Gasteiger partial charge in [0.2, 0.25) is 0 Å². The Hall–Kier alpha value is -3.24. The molecule has 1 spiro atoms. The highest BCUT2D eigenvalue weighted by atomic mass is 32.1. The fourth-order valence-corrected chi connectivity index (χ4v) is 4.57. The maximum absolute atomic E-state index is 13.4. The molecule has 0 bridgehead atoms. The number of anilines is 2. The number of nitrogens with zero attached hydrogens (tertiary/aromatic N) is 5. The molecule has 1 unspecified atom stereocenters. The van der Waals surface area contributed by atoms with Gasteiger partial charge in [-0.25, -0.2) is 4.98 Å². The van der Waals surface area contributed by atoms with Gasteiger partial charge in [0.05, 0.1) is 29.1 Å². The van der Waals surface area contributed by atoms with E-state index >= 15 is 0 Å². The number of carbonyl (C=O) groups excluding carboxylic acids is 1. The van der Waals surface area contributed by atoms with Crippen LogP contribution < -0.4 is 9.80 Å². The average Bonchev–Trinajstić information content (AvgIpc) is 2.93. The molecule has 0 radical (unpaired) electrons. The Labute approximate surface area is 175 Å². The van der Waals surface area contributed by atoms with Gasteiger partial charge in [-0.3, -0.25) is 9.69 Å². The van der Waals surface area contributed by atoms with E-state index < -0.39 is 28.5 Å². The van der Waals surface area contributed by atoms with E-state index in [9.17, 15) is 23.2 Å². The van der Waals surface area contributed by atoms with Crippen molar-refractivity contribution in [1.82, 2.24) is 4.98 Å². The molecule has 1 aliphatic carbocycles. The second kappa shape index (κ2) is 6.92. The number of amides is 1. The molecule has 2 aromatic rings. The SMILES string of the molecule is N#Cc1cccc(N2C(S)N(c3cnc(C#N)c(C(F)(F)F)c3)C(=O)C23CCC3)c1. The molecule has 30 heavy (non-hydrogen) atoms. The van der Waals surface area contributed by atoms with Crippen LogP contribution in [0.2, 0.25) is 0 Å². The van der Waals surface area contributed by atoms with Gasteiger partial charge in [-0.15, -0.1) is 12.6 Å². The summed E-state index contributed by atoms with van der Waals surface area (Å²) in [6, 6.07) is 10.9. The van der Waals surface area contributed by atoms with Crippen molar-refractivity contribution < 1.29 is 18.0 Å². The molecule has 10 heteroatoms. The lowest BCUT2D eigenvalue weighted by Crippen LogP contribution is -2.55. The van der Waals surface area contributed by atoms with Crippen LogP contribution in [-0.4, -0.2) is 21.9 Å². The molecule has 2 aliphatic rings. The Morgan fingerprint density at radius 1 is 1.17 bits per heavy atom. The number of thiol groups is 1. The predicted molar refractivity (Wildman–Crippen MR) is 104 cm³/mol. The molecular weight excluding hydrogens is 415 g/mol. The van der Waals surface area contributed by atoms with E-state index in [1.807, 2.05) is 6.07 Å². The Morgan fingerprint density at radius 2 is 1.90 bits per heavy atom. The van der Waals surface area contributed by atoms with Crippen LogP contribution in [0.5, 0.6) is 0 Å². The summed E-state index contributed by atoms with van der Waals surface area (Å²) in [4.78, 5) is 19.9. The van der Waals surface area contributed by atoms with E-state index in [4.69, 9.17) is 5.26 Å². The van der Waals surface area contributed by atoms with Gasteiger partial charge >= 0.3 is 6.18 Å². The lowest BCUT2D eigenvalue weighted by molar-refractivity contribution is -0.138. The number of pyridine rings is 1. The van der Waals surface area contributed by atoms with E-state index in [1.165, 1.54) is 11.0 Å². The standard InChI is InChI=1S/C20H14F3N5OS/c21-20(22,23)15-8-14(11-26-16(15)10-25)27-17(29)19(5-2-6-19)28(18(27)30)13-4-1-3-12(7-13)9-24/h1,3-4,7-8,11,18,30H,2,5-6H2. The minimum atomic E-state index is -4.79. The Morgan fingerprint density at radius 3 is 2.47 bits per heavy atom. The second-order valence-electron chi connectivity index (χ2n) is 7.14. The molecule has 0 N–H and O–H groups in total. The maximum Gasteiger partial charge on any atom is 0.419 e. The normalized spacial score (nSPS) is 20.1. The molecule has 1 atom stereocenters. The van der Waals surface area contributed by atoms with Crippen molar-refractivity contribution in [2.45, 2.75) is 36.5 Å². The van der Waals surface area contributed by atoms with E-state index in [0.717, 1.165) is 18.7 Å². The number of nitriles is 2. The summed E-state index contributed by atoms with van der Waals surface area (Å²) >= 11 is 4.56. The lowest BCUT2D eigenvalue weighted by atomic mass is 9.75. The van der Waals surface area contributed by atoms with Gasteiger partial charge in [-0.2, -0.15) is 23.7 Å². The molecule has 4 rings (SSSR count). The highest BCUT2D eigenvalue weighted by molar-refractivity contribution is 7.81. The second-order valence-corrected chi connectivity index (χ2v) is 7.60. The smallest absolute Gasteiger partial charge is 0.328 e.